The summed E-state index contributed by atoms with van der Waals surface area (Å²) in [4.78, 5) is 13.4. The molecule has 0 atom stereocenters. The van der Waals surface area contributed by atoms with Crippen molar-refractivity contribution in [1.29, 1.82) is 0 Å². The fraction of sp³-hybridized carbons (Fsp3) is 0.316. The van der Waals surface area contributed by atoms with Gasteiger partial charge in [-0.2, -0.15) is 10.2 Å². The summed E-state index contributed by atoms with van der Waals surface area (Å²) in [5, 5.41) is 14.5. The van der Waals surface area contributed by atoms with Crippen LogP contribution in [0.3, 0.4) is 0 Å². The Morgan fingerprint density at radius 3 is 2.85 bits per heavy atom. The van der Waals surface area contributed by atoms with Crippen molar-refractivity contribution < 1.29 is 9.18 Å². The van der Waals surface area contributed by atoms with Crippen molar-refractivity contribution in [2.24, 2.45) is 7.05 Å². The van der Waals surface area contributed by atoms with E-state index >= 15 is 0 Å². The van der Waals surface area contributed by atoms with Gasteiger partial charge in [0.1, 0.15) is 5.82 Å². The van der Waals surface area contributed by atoms with Crippen LogP contribution in [0.15, 0.2) is 24.4 Å². The lowest BCUT2D eigenvalue weighted by Crippen LogP contribution is -2.34. The van der Waals surface area contributed by atoms with E-state index < -0.39 is 0 Å². The van der Waals surface area contributed by atoms with Crippen molar-refractivity contribution in [3.05, 3.63) is 47.2 Å². The molecule has 7 nitrogen and oxygen atoms in total. The van der Waals surface area contributed by atoms with Crippen LogP contribution in [0.5, 0.6) is 0 Å². The highest BCUT2D eigenvalue weighted by Crippen LogP contribution is 2.30. The van der Waals surface area contributed by atoms with Crippen molar-refractivity contribution in [2.75, 3.05) is 11.9 Å². The molecule has 0 fully saturated rings. The minimum Gasteiger partial charge on any atom is -0.338 e. The standard InChI is InChI=1S/C19H21FN6O/c1-11-14(9-21-25(11)3)13-4-5-18(16(20)8-13)22-19-15-10-26(12(2)27)7-6-17(15)23-24-19/h4-5,8-9H,6-7,10H2,1-3H3,(H2,22,23,24). The van der Waals surface area contributed by atoms with Crippen LogP contribution in [-0.2, 0) is 24.8 Å². The van der Waals surface area contributed by atoms with E-state index in [1.54, 1.807) is 28.8 Å². The summed E-state index contributed by atoms with van der Waals surface area (Å²) < 4.78 is 16.5. The Hall–Kier alpha value is -3.16. The Bertz CT molecular complexity index is 1020. The van der Waals surface area contributed by atoms with Crippen LogP contribution < -0.4 is 5.32 Å². The van der Waals surface area contributed by atoms with Crippen LogP contribution in [-0.4, -0.2) is 37.3 Å². The van der Waals surface area contributed by atoms with Gasteiger partial charge in [0.15, 0.2) is 5.82 Å². The molecule has 0 unspecified atom stereocenters. The third-order valence-electron chi connectivity index (χ3n) is 5.15. The first-order chi connectivity index (χ1) is 12.9. The maximum Gasteiger partial charge on any atom is 0.219 e. The molecule has 1 aliphatic rings. The predicted molar refractivity (Wildman–Crippen MR) is 100 cm³/mol. The third-order valence-corrected chi connectivity index (χ3v) is 5.15. The Kier molecular flexibility index (Phi) is 4.18. The summed E-state index contributed by atoms with van der Waals surface area (Å²) in [6.45, 7) is 4.63. The highest BCUT2D eigenvalue weighted by molar-refractivity contribution is 5.74. The molecule has 0 saturated carbocycles. The van der Waals surface area contributed by atoms with Crippen LogP contribution in [0.25, 0.3) is 11.1 Å². The molecule has 0 aliphatic carbocycles. The van der Waals surface area contributed by atoms with Gasteiger partial charge in [-0.1, -0.05) is 6.07 Å². The van der Waals surface area contributed by atoms with Crippen LogP contribution in [0.2, 0.25) is 0 Å². The number of fused-ring (bicyclic) bond motifs is 1. The molecule has 2 N–H and O–H groups in total. The predicted octanol–water partition coefficient (Wildman–Crippen LogP) is 2.91. The molecule has 2 aromatic heterocycles. The molecule has 0 bridgehead atoms. The molecule has 0 saturated heterocycles. The summed E-state index contributed by atoms with van der Waals surface area (Å²) in [5.41, 5.74) is 4.88. The molecular weight excluding hydrogens is 347 g/mol. The number of halogens is 1. The number of H-pyrrole nitrogens is 1. The number of aryl methyl sites for hydroxylation is 1. The highest BCUT2D eigenvalue weighted by atomic mass is 19.1. The minimum absolute atomic E-state index is 0.0233. The topological polar surface area (TPSA) is 78.8 Å². The number of nitrogens with zero attached hydrogens (tertiary/aromatic N) is 4. The van der Waals surface area contributed by atoms with E-state index in [2.05, 4.69) is 20.6 Å². The quantitative estimate of drug-likeness (QED) is 0.745. The molecule has 0 radical (unpaired) electrons. The average molecular weight is 368 g/mol. The van der Waals surface area contributed by atoms with E-state index in [4.69, 9.17) is 0 Å². The number of aromatic nitrogens is 4. The minimum atomic E-state index is -0.369. The molecule has 140 valence electrons. The van der Waals surface area contributed by atoms with E-state index in [1.807, 2.05) is 20.0 Å². The summed E-state index contributed by atoms with van der Waals surface area (Å²) >= 11 is 0. The van der Waals surface area contributed by atoms with E-state index in [0.29, 0.717) is 31.0 Å². The Labute approximate surface area is 156 Å². The molecule has 27 heavy (non-hydrogen) atoms. The monoisotopic (exact) mass is 368 g/mol. The summed E-state index contributed by atoms with van der Waals surface area (Å²) in [5.74, 6) is 0.210. The number of carbonyl (C=O) groups excluding carboxylic acids is 1. The first-order valence-electron chi connectivity index (χ1n) is 8.81. The van der Waals surface area contributed by atoms with Crippen LogP contribution in [0.4, 0.5) is 15.9 Å². The molecule has 0 spiro atoms. The van der Waals surface area contributed by atoms with Gasteiger partial charge in [0.05, 0.1) is 18.4 Å². The highest BCUT2D eigenvalue weighted by Gasteiger charge is 2.24. The summed E-state index contributed by atoms with van der Waals surface area (Å²) in [7, 11) is 1.86. The second-order valence-corrected chi connectivity index (χ2v) is 6.81. The summed E-state index contributed by atoms with van der Waals surface area (Å²) in [6, 6.07) is 5.05. The zero-order valence-corrected chi connectivity index (χ0v) is 15.5. The zero-order valence-electron chi connectivity index (χ0n) is 15.5. The van der Waals surface area contributed by atoms with Crippen LogP contribution in [0, 0.1) is 12.7 Å². The Morgan fingerprint density at radius 1 is 1.37 bits per heavy atom. The van der Waals surface area contributed by atoms with Gasteiger partial charge in [0, 0.05) is 49.5 Å². The first kappa shape index (κ1) is 17.3. The smallest absolute Gasteiger partial charge is 0.219 e. The van der Waals surface area contributed by atoms with E-state index in [0.717, 1.165) is 28.1 Å². The van der Waals surface area contributed by atoms with Gasteiger partial charge in [-0.3, -0.25) is 14.6 Å². The molecular formula is C19H21FN6O. The number of rotatable bonds is 3. The van der Waals surface area contributed by atoms with Gasteiger partial charge in [-0.25, -0.2) is 4.39 Å². The lowest BCUT2D eigenvalue weighted by Gasteiger charge is -2.25. The number of hydrogen-bond donors (Lipinski definition) is 2. The van der Waals surface area contributed by atoms with Crippen molar-refractivity contribution >= 4 is 17.4 Å². The number of aromatic amines is 1. The zero-order chi connectivity index (χ0) is 19.1. The Morgan fingerprint density at radius 2 is 2.19 bits per heavy atom. The third kappa shape index (κ3) is 3.07. The molecule has 3 heterocycles. The lowest BCUT2D eigenvalue weighted by molar-refractivity contribution is -0.129. The van der Waals surface area contributed by atoms with E-state index in [-0.39, 0.29) is 11.7 Å². The summed E-state index contributed by atoms with van der Waals surface area (Å²) in [6.07, 6.45) is 2.45. The van der Waals surface area contributed by atoms with E-state index in [9.17, 15) is 9.18 Å². The average Bonchev–Trinajstić information content (AvgIpc) is 3.20. The van der Waals surface area contributed by atoms with Gasteiger partial charge < -0.3 is 10.2 Å². The Balaban J connectivity index is 1.60. The van der Waals surface area contributed by atoms with Crippen molar-refractivity contribution in [3.8, 4) is 11.1 Å². The van der Waals surface area contributed by atoms with Gasteiger partial charge in [-0.15, -0.1) is 0 Å². The number of hydrogen-bond acceptors (Lipinski definition) is 4. The largest absolute Gasteiger partial charge is 0.338 e. The second kappa shape index (κ2) is 6.53. The van der Waals surface area contributed by atoms with Crippen molar-refractivity contribution in [2.45, 2.75) is 26.8 Å². The molecule has 4 rings (SSSR count). The molecule has 8 heteroatoms. The number of amides is 1. The fourth-order valence-electron chi connectivity index (χ4n) is 3.36. The first-order valence-corrected chi connectivity index (χ1v) is 8.81. The van der Waals surface area contributed by atoms with Gasteiger partial charge in [0.25, 0.3) is 0 Å². The van der Waals surface area contributed by atoms with E-state index in [1.165, 1.54) is 6.07 Å². The molecule has 1 amide bonds. The molecule has 1 aromatic carbocycles. The van der Waals surface area contributed by atoms with Crippen molar-refractivity contribution in [3.63, 3.8) is 0 Å². The normalized spacial score (nSPS) is 13.6. The fourth-order valence-corrected chi connectivity index (χ4v) is 3.36. The second-order valence-electron chi connectivity index (χ2n) is 6.81. The van der Waals surface area contributed by atoms with Gasteiger partial charge in [-0.05, 0) is 24.6 Å². The molecule has 3 aromatic rings. The number of carbonyl (C=O) groups is 1. The van der Waals surface area contributed by atoms with Crippen LogP contribution in [0.1, 0.15) is 23.9 Å². The maximum atomic E-state index is 14.7. The number of anilines is 2. The number of benzene rings is 1. The molecule has 1 aliphatic heterocycles. The van der Waals surface area contributed by atoms with Crippen LogP contribution >= 0.6 is 0 Å². The SMILES string of the molecule is CC(=O)N1CCc2[nH]nc(Nc3ccc(-c4cnn(C)c4C)cc3F)c2C1. The van der Waals surface area contributed by atoms with Gasteiger partial charge in [0.2, 0.25) is 5.91 Å². The van der Waals surface area contributed by atoms with Crippen molar-refractivity contribution in [1.82, 2.24) is 24.9 Å². The van der Waals surface area contributed by atoms with Gasteiger partial charge >= 0.3 is 0 Å². The number of nitrogens with one attached hydrogen (secondary N) is 2. The lowest BCUT2D eigenvalue weighted by atomic mass is 10.1. The maximum absolute atomic E-state index is 14.7.